The molecule has 1 aliphatic heterocycles. The van der Waals surface area contributed by atoms with Gasteiger partial charge in [0, 0.05) is 12.8 Å². The van der Waals surface area contributed by atoms with Crippen LogP contribution in [0.4, 0.5) is 0 Å². The summed E-state index contributed by atoms with van der Waals surface area (Å²) in [7, 11) is 0. The molecule has 1 aliphatic carbocycles. The minimum atomic E-state index is -1.02. The number of benzene rings is 1. The van der Waals surface area contributed by atoms with Gasteiger partial charge in [-0.3, -0.25) is 0 Å². The van der Waals surface area contributed by atoms with Crippen molar-refractivity contribution in [2.75, 3.05) is 6.61 Å². The first-order chi connectivity index (χ1) is 10.6. The van der Waals surface area contributed by atoms with Gasteiger partial charge in [-0.15, -0.1) is 0 Å². The predicted octanol–water partition coefficient (Wildman–Crippen LogP) is 2.84. The third-order valence-corrected chi connectivity index (χ3v) is 3.86. The molecule has 0 atom stereocenters. The van der Waals surface area contributed by atoms with Crippen LogP contribution in [0.5, 0.6) is 5.75 Å². The van der Waals surface area contributed by atoms with E-state index in [-0.39, 0.29) is 5.57 Å². The van der Waals surface area contributed by atoms with Crippen LogP contribution in [-0.2, 0) is 19.1 Å². The molecular weight excluding hydrogens is 284 g/mol. The fourth-order valence-corrected chi connectivity index (χ4v) is 2.78. The maximum atomic E-state index is 12.1. The molecular formula is C17H18O5. The summed E-state index contributed by atoms with van der Waals surface area (Å²) in [5, 5.41) is 0. The van der Waals surface area contributed by atoms with E-state index in [0.29, 0.717) is 19.4 Å². The molecule has 0 bridgehead atoms. The molecule has 3 rings (SSSR count). The Balaban J connectivity index is 1.79. The van der Waals surface area contributed by atoms with Crippen LogP contribution in [0.2, 0.25) is 0 Å². The zero-order valence-electron chi connectivity index (χ0n) is 12.5. The van der Waals surface area contributed by atoms with Crippen molar-refractivity contribution in [2.24, 2.45) is 0 Å². The van der Waals surface area contributed by atoms with Crippen molar-refractivity contribution in [2.45, 2.75) is 38.4 Å². The molecule has 1 heterocycles. The largest absolute Gasteiger partial charge is 0.494 e. The van der Waals surface area contributed by atoms with Crippen molar-refractivity contribution in [3.05, 3.63) is 35.4 Å². The second-order valence-corrected chi connectivity index (χ2v) is 5.46. The van der Waals surface area contributed by atoms with Gasteiger partial charge in [-0.25, -0.2) is 9.59 Å². The Morgan fingerprint density at radius 3 is 2.23 bits per heavy atom. The number of carbonyl (C=O) groups is 2. The van der Waals surface area contributed by atoms with Gasteiger partial charge < -0.3 is 14.2 Å². The van der Waals surface area contributed by atoms with E-state index in [1.54, 1.807) is 24.3 Å². The summed E-state index contributed by atoms with van der Waals surface area (Å²) in [5.41, 5.74) is 0.649. The molecule has 2 aliphatic rings. The lowest BCUT2D eigenvalue weighted by Gasteiger charge is -2.32. The molecule has 1 aromatic carbocycles. The first kappa shape index (κ1) is 14.6. The van der Waals surface area contributed by atoms with Crippen LogP contribution in [0.3, 0.4) is 0 Å². The predicted molar refractivity (Wildman–Crippen MR) is 79.0 cm³/mol. The summed E-state index contributed by atoms with van der Waals surface area (Å²) in [6.45, 7) is 2.49. The first-order valence-electron chi connectivity index (χ1n) is 7.53. The third-order valence-electron chi connectivity index (χ3n) is 3.86. The zero-order chi connectivity index (χ0) is 15.6. The smallest absolute Gasteiger partial charge is 0.348 e. The summed E-state index contributed by atoms with van der Waals surface area (Å²) in [5.74, 6) is -1.49. The van der Waals surface area contributed by atoms with Gasteiger partial charge in [0.2, 0.25) is 0 Å². The molecule has 1 spiro atoms. The molecule has 1 saturated carbocycles. The van der Waals surface area contributed by atoms with Crippen molar-refractivity contribution >= 4 is 18.0 Å². The van der Waals surface area contributed by atoms with Gasteiger partial charge in [-0.05, 0) is 43.5 Å². The van der Waals surface area contributed by atoms with E-state index >= 15 is 0 Å². The molecule has 0 N–H and O–H groups in total. The lowest BCUT2D eigenvalue weighted by molar-refractivity contribution is -0.232. The summed E-state index contributed by atoms with van der Waals surface area (Å²) in [4.78, 5) is 24.2. The summed E-state index contributed by atoms with van der Waals surface area (Å²) in [6.07, 6.45) is 4.46. The average molecular weight is 302 g/mol. The SMILES string of the molecule is CCOc1ccc(C=C2C(=O)OC3(CCCC3)OC2=O)cc1. The third kappa shape index (κ3) is 2.84. The molecule has 5 nitrogen and oxygen atoms in total. The van der Waals surface area contributed by atoms with Gasteiger partial charge in [0.1, 0.15) is 11.3 Å². The number of esters is 2. The van der Waals surface area contributed by atoms with Gasteiger partial charge in [-0.1, -0.05) is 12.1 Å². The van der Waals surface area contributed by atoms with Crippen LogP contribution in [0.1, 0.15) is 38.2 Å². The number of hydrogen-bond acceptors (Lipinski definition) is 5. The molecule has 22 heavy (non-hydrogen) atoms. The Kier molecular flexibility index (Phi) is 3.88. The fraction of sp³-hybridized carbons (Fsp3) is 0.412. The van der Waals surface area contributed by atoms with Crippen molar-refractivity contribution < 1.29 is 23.8 Å². The van der Waals surface area contributed by atoms with Gasteiger partial charge >= 0.3 is 11.9 Å². The van der Waals surface area contributed by atoms with Gasteiger partial charge in [0.05, 0.1) is 6.61 Å². The molecule has 2 fully saturated rings. The Morgan fingerprint density at radius 1 is 1.09 bits per heavy atom. The fourth-order valence-electron chi connectivity index (χ4n) is 2.78. The number of ether oxygens (including phenoxy) is 3. The summed E-state index contributed by atoms with van der Waals surface area (Å²) < 4.78 is 16.1. The van der Waals surface area contributed by atoms with E-state index < -0.39 is 17.7 Å². The molecule has 1 aromatic rings. The van der Waals surface area contributed by atoms with Gasteiger partial charge in [-0.2, -0.15) is 0 Å². The van der Waals surface area contributed by atoms with Crippen LogP contribution < -0.4 is 4.74 Å². The molecule has 0 aromatic heterocycles. The number of rotatable bonds is 3. The monoisotopic (exact) mass is 302 g/mol. The van der Waals surface area contributed by atoms with E-state index in [0.717, 1.165) is 24.2 Å². The van der Waals surface area contributed by atoms with Crippen molar-refractivity contribution in [1.29, 1.82) is 0 Å². The van der Waals surface area contributed by atoms with E-state index in [9.17, 15) is 9.59 Å². The Morgan fingerprint density at radius 2 is 1.68 bits per heavy atom. The van der Waals surface area contributed by atoms with Crippen molar-refractivity contribution in [3.8, 4) is 5.75 Å². The van der Waals surface area contributed by atoms with Gasteiger partial charge in [0.15, 0.2) is 0 Å². The summed E-state index contributed by atoms with van der Waals surface area (Å²) in [6, 6.07) is 7.12. The zero-order valence-corrected chi connectivity index (χ0v) is 12.5. The highest BCUT2D eigenvalue weighted by molar-refractivity contribution is 6.18. The highest BCUT2D eigenvalue weighted by atomic mass is 16.7. The van der Waals surface area contributed by atoms with Crippen molar-refractivity contribution in [1.82, 2.24) is 0 Å². The minimum absolute atomic E-state index is 0.0679. The topological polar surface area (TPSA) is 61.8 Å². The second kappa shape index (κ2) is 5.83. The molecule has 0 unspecified atom stereocenters. The maximum Gasteiger partial charge on any atom is 0.348 e. The quantitative estimate of drug-likeness (QED) is 0.488. The highest BCUT2D eigenvalue weighted by Gasteiger charge is 2.47. The highest BCUT2D eigenvalue weighted by Crippen LogP contribution is 2.38. The normalized spacial score (nSPS) is 19.8. The lowest BCUT2D eigenvalue weighted by Crippen LogP contribution is -2.44. The van der Waals surface area contributed by atoms with Crippen LogP contribution in [0.25, 0.3) is 6.08 Å². The maximum absolute atomic E-state index is 12.1. The van der Waals surface area contributed by atoms with E-state index in [4.69, 9.17) is 14.2 Å². The Hall–Kier alpha value is -2.30. The minimum Gasteiger partial charge on any atom is -0.494 e. The average Bonchev–Trinajstić information content (AvgIpc) is 2.93. The molecule has 0 amide bonds. The Bertz CT molecular complexity index is 586. The first-order valence-corrected chi connectivity index (χ1v) is 7.53. The molecule has 1 saturated heterocycles. The van der Waals surface area contributed by atoms with E-state index in [1.807, 2.05) is 6.92 Å². The van der Waals surface area contributed by atoms with Crippen molar-refractivity contribution in [3.63, 3.8) is 0 Å². The Labute approximate surface area is 128 Å². The lowest BCUT2D eigenvalue weighted by atomic mass is 10.1. The molecule has 5 heteroatoms. The standard InChI is InChI=1S/C17H18O5/c1-2-20-13-7-5-12(6-8-13)11-14-15(18)21-17(22-16(14)19)9-3-4-10-17/h5-8,11H,2-4,9-10H2,1H3. The summed E-state index contributed by atoms with van der Waals surface area (Å²) >= 11 is 0. The number of carbonyl (C=O) groups excluding carboxylic acids is 2. The van der Waals surface area contributed by atoms with Crippen LogP contribution in [0.15, 0.2) is 29.8 Å². The molecule has 0 radical (unpaired) electrons. The second-order valence-electron chi connectivity index (χ2n) is 5.46. The van der Waals surface area contributed by atoms with Gasteiger partial charge in [0.25, 0.3) is 5.79 Å². The van der Waals surface area contributed by atoms with E-state index in [1.165, 1.54) is 6.08 Å². The van der Waals surface area contributed by atoms with Crippen LogP contribution in [0, 0.1) is 0 Å². The molecule has 116 valence electrons. The van der Waals surface area contributed by atoms with Crippen LogP contribution >= 0.6 is 0 Å². The number of hydrogen-bond donors (Lipinski definition) is 0. The van der Waals surface area contributed by atoms with E-state index in [2.05, 4.69) is 0 Å². The van der Waals surface area contributed by atoms with Crippen LogP contribution in [-0.4, -0.2) is 24.3 Å².